The summed E-state index contributed by atoms with van der Waals surface area (Å²) in [5.41, 5.74) is 2.81. The van der Waals surface area contributed by atoms with Crippen molar-refractivity contribution in [3.63, 3.8) is 0 Å². The van der Waals surface area contributed by atoms with Gasteiger partial charge in [-0.3, -0.25) is 9.78 Å². The number of fused-ring (bicyclic) bond motifs is 1. The van der Waals surface area contributed by atoms with E-state index < -0.39 is 0 Å². The SMILES string of the molecule is O=C(c1ccc2c(c1)CCO2)N(Cc1ccccn1)C[C@@H]1CC=CCC1. The summed E-state index contributed by atoms with van der Waals surface area (Å²) in [4.78, 5) is 19.6. The highest BCUT2D eigenvalue weighted by atomic mass is 16.5. The Hall–Kier alpha value is -2.62. The summed E-state index contributed by atoms with van der Waals surface area (Å²) in [5, 5.41) is 0. The van der Waals surface area contributed by atoms with Gasteiger partial charge >= 0.3 is 0 Å². The molecule has 1 aromatic carbocycles. The summed E-state index contributed by atoms with van der Waals surface area (Å²) < 4.78 is 5.57. The van der Waals surface area contributed by atoms with Crippen molar-refractivity contribution in [2.75, 3.05) is 13.2 Å². The maximum absolute atomic E-state index is 13.3. The van der Waals surface area contributed by atoms with Crippen molar-refractivity contribution >= 4 is 5.91 Å². The van der Waals surface area contributed by atoms with Crippen molar-refractivity contribution in [3.8, 4) is 5.75 Å². The second-order valence-electron chi connectivity index (χ2n) is 7.08. The van der Waals surface area contributed by atoms with Crippen LogP contribution in [0.1, 0.15) is 40.9 Å². The van der Waals surface area contributed by atoms with Crippen LogP contribution in [0.3, 0.4) is 0 Å². The quantitative estimate of drug-likeness (QED) is 0.767. The molecule has 0 fully saturated rings. The number of pyridine rings is 1. The van der Waals surface area contributed by atoms with Gasteiger partial charge in [-0.25, -0.2) is 0 Å². The zero-order valence-electron chi connectivity index (χ0n) is 14.9. The van der Waals surface area contributed by atoms with Gasteiger partial charge < -0.3 is 9.64 Å². The maximum Gasteiger partial charge on any atom is 0.254 e. The predicted molar refractivity (Wildman–Crippen MR) is 101 cm³/mol. The Morgan fingerprint density at radius 1 is 1.23 bits per heavy atom. The zero-order chi connectivity index (χ0) is 17.8. The highest BCUT2D eigenvalue weighted by molar-refractivity contribution is 5.94. The molecule has 2 heterocycles. The molecule has 26 heavy (non-hydrogen) atoms. The van der Waals surface area contributed by atoms with E-state index in [-0.39, 0.29) is 5.91 Å². The first-order valence-corrected chi connectivity index (χ1v) is 9.39. The molecular formula is C22H24N2O2. The van der Waals surface area contributed by atoms with Crippen molar-refractivity contribution in [2.45, 2.75) is 32.2 Å². The number of rotatable bonds is 5. The molecular weight excluding hydrogens is 324 g/mol. The molecule has 0 spiro atoms. The smallest absolute Gasteiger partial charge is 0.254 e. The Morgan fingerprint density at radius 3 is 3.00 bits per heavy atom. The largest absolute Gasteiger partial charge is 0.493 e. The lowest BCUT2D eigenvalue weighted by molar-refractivity contribution is 0.0707. The number of hydrogen-bond acceptors (Lipinski definition) is 3. The topological polar surface area (TPSA) is 42.4 Å². The van der Waals surface area contributed by atoms with Crippen LogP contribution in [0.5, 0.6) is 5.75 Å². The van der Waals surface area contributed by atoms with Crippen LogP contribution in [0.2, 0.25) is 0 Å². The third kappa shape index (κ3) is 3.79. The second kappa shape index (κ2) is 7.73. The number of ether oxygens (including phenoxy) is 1. The van der Waals surface area contributed by atoms with Gasteiger partial charge in [-0.2, -0.15) is 0 Å². The van der Waals surface area contributed by atoms with Crippen LogP contribution in [0, 0.1) is 5.92 Å². The highest BCUT2D eigenvalue weighted by Crippen LogP contribution is 2.27. The molecule has 0 unspecified atom stereocenters. The molecule has 4 heteroatoms. The van der Waals surface area contributed by atoms with E-state index in [1.54, 1.807) is 6.20 Å². The van der Waals surface area contributed by atoms with E-state index >= 15 is 0 Å². The lowest BCUT2D eigenvalue weighted by Gasteiger charge is -2.28. The molecule has 0 N–H and O–H groups in total. The van der Waals surface area contributed by atoms with Crippen LogP contribution in [-0.2, 0) is 13.0 Å². The Kier molecular flexibility index (Phi) is 5.00. The number of carbonyl (C=O) groups is 1. The molecule has 2 aromatic rings. The standard InChI is InChI=1S/C22H24N2O2/c25-22(19-9-10-21-18(14-19)11-13-26-21)24(15-17-6-2-1-3-7-17)16-20-8-4-5-12-23-20/h1-2,4-5,8-10,12,14,17H,3,6-7,11,13,15-16H2/t17-/m1/s1. The van der Waals surface area contributed by atoms with Gasteiger partial charge in [-0.1, -0.05) is 18.2 Å². The van der Waals surface area contributed by atoms with Gasteiger partial charge in [0.1, 0.15) is 5.75 Å². The van der Waals surface area contributed by atoms with E-state index in [4.69, 9.17) is 4.74 Å². The minimum atomic E-state index is 0.0832. The second-order valence-corrected chi connectivity index (χ2v) is 7.08. The van der Waals surface area contributed by atoms with E-state index in [1.165, 1.54) is 0 Å². The Balaban J connectivity index is 1.56. The normalized spacial score (nSPS) is 18.2. The molecule has 0 radical (unpaired) electrons. The molecule has 0 bridgehead atoms. The average Bonchev–Trinajstić information content (AvgIpc) is 3.16. The van der Waals surface area contributed by atoms with Gasteiger partial charge in [-0.05, 0) is 61.1 Å². The highest BCUT2D eigenvalue weighted by Gasteiger charge is 2.23. The van der Waals surface area contributed by atoms with Gasteiger partial charge in [0.2, 0.25) is 0 Å². The molecule has 134 valence electrons. The van der Waals surface area contributed by atoms with Crippen LogP contribution in [0.4, 0.5) is 0 Å². The number of allylic oxidation sites excluding steroid dienone is 2. The molecule has 4 rings (SSSR count). The number of aromatic nitrogens is 1. The fourth-order valence-corrected chi connectivity index (χ4v) is 3.74. The zero-order valence-corrected chi connectivity index (χ0v) is 14.9. The monoisotopic (exact) mass is 348 g/mol. The number of nitrogens with zero attached hydrogens (tertiary/aromatic N) is 2. The number of benzene rings is 1. The molecule has 2 aliphatic rings. The minimum Gasteiger partial charge on any atom is -0.493 e. The van der Waals surface area contributed by atoms with E-state index in [0.717, 1.165) is 54.8 Å². The lowest BCUT2D eigenvalue weighted by Crippen LogP contribution is -2.35. The summed E-state index contributed by atoms with van der Waals surface area (Å²) in [7, 11) is 0. The molecule has 1 aliphatic heterocycles. The van der Waals surface area contributed by atoms with Gasteiger partial charge in [0.15, 0.2) is 0 Å². The van der Waals surface area contributed by atoms with Crippen molar-refractivity contribution in [1.82, 2.24) is 9.88 Å². The van der Waals surface area contributed by atoms with E-state index in [0.29, 0.717) is 19.1 Å². The van der Waals surface area contributed by atoms with Crippen LogP contribution < -0.4 is 4.74 Å². The van der Waals surface area contributed by atoms with Gasteiger partial charge in [0.05, 0.1) is 18.8 Å². The number of hydrogen-bond donors (Lipinski definition) is 0. The van der Waals surface area contributed by atoms with Gasteiger partial charge in [0, 0.05) is 24.7 Å². The third-order valence-corrected chi connectivity index (χ3v) is 5.16. The van der Waals surface area contributed by atoms with E-state index in [9.17, 15) is 4.79 Å². The Labute approximate surface area is 154 Å². The number of amides is 1. The average molecular weight is 348 g/mol. The first-order chi connectivity index (χ1) is 12.8. The molecule has 1 aliphatic carbocycles. The molecule has 1 aromatic heterocycles. The number of carbonyl (C=O) groups excluding carboxylic acids is 1. The van der Waals surface area contributed by atoms with E-state index in [2.05, 4.69) is 17.1 Å². The van der Waals surface area contributed by atoms with Crippen LogP contribution in [-0.4, -0.2) is 28.9 Å². The van der Waals surface area contributed by atoms with Crippen molar-refractivity contribution < 1.29 is 9.53 Å². The molecule has 1 amide bonds. The van der Waals surface area contributed by atoms with Crippen molar-refractivity contribution in [2.24, 2.45) is 5.92 Å². The van der Waals surface area contributed by atoms with Gasteiger partial charge in [0.25, 0.3) is 5.91 Å². The van der Waals surface area contributed by atoms with E-state index in [1.807, 2.05) is 41.3 Å². The van der Waals surface area contributed by atoms with Crippen molar-refractivity contribution in [1.29, 1.82) is 0 Å². The fourth-order valence-electron chi connectivity index (χ4n) is 3.74. The molecule has 0 saturated heterocycles. The summed E-state index contributed by atoms with van der Waals surface area (Å²) >= 11 is 0. The minimum absolute atomic E-state index is 0.0832. The Morgan fingerprint density at radius 2 is 2.19 bits per heavy atom. The van der Waals surface area contributed by atoms with Crippen LogP contribution >= 0.6 is 0 Å². The summed E-state index contributed by atoms with van der Waals surface area (Å²) in [6.07, 6.45) is 10.4. The third-order valence-electron chi connectivity index (χ3n) is 5.16. The Bertz CT molecular complexity index is 801. The predicted octanol–water partition coefficient (Wildman–Crippen LogP) is 4.02. The summed E-state index contributed by atoms with van der Waals surface area (Å²) in [6.45, 7) is 2.03. The molecule has 0 saturated carbocycles. The first kappa shape index (κ1) is 16.8. The maximum atomic E-state index is 13.3. The van der Waals surface area contributed by atoms with Crippen LogP contribution in [0.15, 0.2) is 54.7 Å². The van der Waals surface area contributed by atoms with Gasteiger partial charge in [-0.15, -0.1) is 0 Å². The summed E-state index contributed by atoms with van der Waals surface area (Å²) in [6, 6.07) is 11.7. The first-order valence-electron chi connectivity index (χ1n) is 9.39. The van der Waals surface area contributed by atoms with Crippen molar-refractivity contribution in [3.05, 3.63) is 71.6 Å². The fraction of sp³-hybridized carbons (Fsp3) is 0.364. The molecule has 4 nitrogen and oxygen atoms in total. The summed E-state index contributed by atoms with van der Waals surface area (Å²) in [5.74, 6) is 1.51. The van der Waals surface area contributed by atoms with Crippen LogP contribution in [0.25, 0.3) is 0 Å². The molecule has 1 atom stereocenters. The lowest BCUT2D eigenvalue weighted by atomic mass is 9.93.